The molecule has 0 fully saturated rings. The van der Waals surface area contributed by atoms with Gasteiger partial charge in [-0.15, -0.1) is 0 Å². The second kappa shape index (κ2) is 5.27. The fourth-order valence-electron chi connectivity index (χ4n) is 1.83. The molecule has 0 bridgehead atoms. The number of rotatable bonds is 4. The lowest BCUT2D eigenvalue weighted by Gasteiger charge is -2.08. The molecule has 1 aromatic carbocycles. The van der Waals surface area contributed by atoms with Crippen LogP contribution >= 0.6 is 0 Å². The molecule has 0 amide bonds. The molecule has 0 saturated heterocycles. The van der Waals surface area contributed by atoms with Crippen molar-refractivity contribution in [2.75, 3.05) is 6.61 Å². The van der Waals surface area contributed by atoms with Crippen LogP contribution in [0.3, 0.4) is 0 Å². The third kappa shape index (κ3) is 2.43. The zero-order valence-electron chi connectivity index (χ0n) is 10.3. The lowest BCUT2D eigenvalue weighted by Crippen LogP contribution is -2.07. The monoisotopic (exact) mass is 256 g/mol. The van der Waals surface area contributed by atoms with Gasteiger partial charge in [0.15, 0.2) is 0 Å². The zero-order chi connectivity index (χ0) is 13.8. The maximum Gasteiger partial charge on any atom is 0.354 e. The Labute approximate surface area is 110 Å². The Balaban J connectivity index is 2.45. The second-order valence-electron chi connectivity index (χ2n) is 3.79. The van der Waals surface area contributed by atoms with Crippen LogP contribution in [0.5, 0.6) is 5.75 Å². The lowest BCUT2D eigenvalue weighted by molar-refractivity contribution is 0.0688. The summed E-state index contributed by atoms with van der Waals surface area (Å²) in [5.41, 5.74) is 0.774. The highest BCUT2D eigenvalue weighted by molar-refractivity contribution is 5.89. The van der Waals surface area contributed by atoms with Crippen LogP contribution in [0, 0.1) is 11.3 Å². The lowest BCUT2D eigenvalue weighted by atomic mass is 10.2. The maximum atomic E-state index is 11.2. The highest BCUT2D eigenvalue weighted by Crippen LogP contribution is 2.20. The molecular weight excluding hydrogens is 244 g/mol. The Kier molecular flexibility index (Phi) is 3.53. The molecule has 0 aliphatic heterocycles. The minimum absolute atomic E-state index is 0.0355. The Morgan fingerprint density at radius 1 is 1.37 bits per heavy atom. The molecule has 2 rings (SSSR count). The SMILES string of the molecule is CCOc1ccc(-n2ccc(C#N)c2C(=O)O)cc1. The van der Waals surface area contributed by atoms with Crippen molar-refractivity contribution in [3.05, 3.63) is 47.8 Å². The number of carboxylic acid groups (broad SMARTS) is 1. The summed E-state index contributed by atoms with van der Waals surface area (Å²) >= 11 is 0. The van der Waals surface area contributed by atoms with Gasteiger partial charge in [-0.25, -0.2) is 4.79 Å². The predicted molar refractivity (Wildman–Crippen MR) is 68.6 cm³/mol. The first kappa shape index (κ1) is 12.7. The standard InChI is InChI=1S/C14H12N2O3/c1-2-19-12-5-3-11(4-6-12)16-8-7-10(9-15)13(16)14(17)18/h3-8H,2H2,1H3,(H,17,18). The van der Waals surface area contributed by atoms with E-state index in [-0.39, 0.29) is 11.3 Å². The number of nitriles is 1. The Morgan fingerprint density at radius 2 is 2.05 bits per heavy atom. The van der Waals surface area contributed by atoms with E-state index >= 15 is 0 Å². The van der Waals surface area contributed by atoms with E-state index in [0.717, 1.165) is 5.75 Å². The number of aromatic carboxylic acids is 1. The molecule has 0 unspecified atom stereocenters. The molecule has 0 atom stereocenters. The number of nitrogens with zero attached hydrogens (tertiary/aromatic N) is 2. The zero-order valence-corrected chi connectivity index (χ0v) is 10.3. The van der Waals surface area contributed by atoms with Crippen LogP contribution in [0.2, 0.25) is 0 Å². The minimum Gasteiger partial charge on any atom is -0.494 e. The molecule has 19 heavy (non-hydrogen) atoms. The smallest absolute Gasteiger partial charge is 0.354 e. The highest BCUT2D eigenvalue weighted by atomic mass is 16.5. The number of hydrogen-bond donors (Lipinski definition) is 1. The van der Waals surface area contributed by atoms with Crippen LogP contribution in [0.1, 0.15) is 23.0 Å². The quantitative estimate of drug-likeness (QED) is 0.911. The van der Waals surface area contributed by atoms with E-state index in [1.807, 2.05) is 13.0 Å². The summed E-state index contributed by atoms with van der Waals surface area (Å²) in [6, 6.07) is 10.4. The molecule has 1 N–H and O–H groups in total. The van der Waals surface area contributed by atoms with Gasteiger partial charge < -0.3 is 14.4 Å². The van der Waals surface area contributed by atoms with Crippen molar-refractivity contribution in [3.8, 4) is 17.5 Å². The first-order valence-corrected chi connectivity index (χ1v) is 5.75. The van der Waals surface area contributed by atoms with Gasteiger partial charge in [-0.05, 0) is 37.3 Å². The molecule has 0 radical (unpaired) electrons. The Bertz CT molecular complexity index is 636. The van der Waals surface area contributed by atoms with Crippen molar-refractivity contribution in [1.82, 2.24) is 4.57 Å². The Morgan fingerprint density at radius 3 is 2.58 bits per heavy atom. The van der Waals surface area contributed by atoms with Crippen molar-refractivity contribution in [2.45, 2.75) is 6.92 Å². The van der Waals surface area contributed by atoms with Gasteiger partial charge in [0.2, 0.25) is 0 Å². The minimum atomic E-state index is -1.13. The van der Waals surface area contributed by atoms with Crippen LogP contribution in [-0.4, -0.2) is 22.2 Å². The first-order valence-electron chi connectivity index (χ1n) is 5.75. The summed E-state index contributed by atoms with van der Waals surface area (Å²) in [5.74, 6) is -0.411. The van der Waals surface area contributed by atoms with Crippen LogP contribution in [0.15, 0.2) is 36.5 Å². The average molecular weight is 256 g/mol. The largest absolute Gasteiger partial charge is 0.494 e. The third-order valence-corrected chi connectivity index (χ3v) is 2.64. The summed E-state index contributed by atoms with van der Waals surface area (Å²) in [4.78, 5) is 11.2. The molecule has 96 valence electrons. The van der Waals surface area contributed by atoms with Crippen LogP contribution in [0.25, 0.3) is 5.69 Å². The summed E-state index contributed by atoms with van der Waals surface area (Å²) < 4.78 is 6.79. The van der Waals surface area contributed by atoms with Gasteiger partial charge >= 0.3 is 5.97 Å². The third-order valence-electron chi connectivity index (χ3n) is 2.64. The average Bonchev–Trinajstić information content (AvgIpc) is 2.84. The summed E-state index contributed by atoms with van der Waals surface area (Å²) in [6.45, 7) is 2.46. The molecular formula is C14H12N2O3. The van der Waals surface area contributed by atoms with Crippen LogP contribution < -0.4 is 4.74 Å². The van der Waals surface area contributed by atoms with E-state index in [2.05, 4.69) is 0 Å². The molecule has 5 heteroatoms. The van der Waals surface area contributed by atoms with Crippen molar-refractivity contribution in [2.24, 2.45) is 0 Å². The van der Waals surface area contributed by atoms with Crippen molar-refractivity contribution < 1.29 is 14.6 Å². The van der Waals surface area contributed by atoms with E-state index in [9.17, 15) is 4.79 Å². The van der Waals surface area contributed by atoms with Gasteiger partial charge in [-0.3, -0.25) is 0 Å². The van der Waals surface area contributed by atoms with Crippen molar-refractivity contribution >= 4 is 5.97 Å². The molecule has 5 nitrogen and oxygen atoms in total. The van der Waals surface area contributed by atoms with Gasteiger partial charge in [0, 0.05) is 11.9 Å². The molecule has 0 aliphatic carbocycles. The van der Waals surface area contributed by atoms with E-state index in [1.165, 1.54) is 10.6 Å². The normalized spacial score (nSPS) is 9.89. The van der Waals surface area contributed by atoms with E-state index in [4.69, 9.17) is 15.1 Å². The number of ether oxygens (including phenoxy) is 1. The number of hydrogen-bond acceptors (Lipinski definition) is 3. The fraction of sp³-hybridized carbons (Fsp3) is 0.143. The molecule has 0 spiro atoms. The second-order valence-corrected chi connectivity index (χ2v) is 3.79. The summed E-state index contributed by atoms with van der Waals surface area (Å²) in [5, 5.41) is 18.1. The van der Waals surface area contributed by atoms with Crippen molar-refractivity contribution in [3.63, 3.8) is 0 Å². The van der Waals surface area contributed by atoms with Gasteiger partial charge in [0.25, 0.3) is 0 Å². The van der Waals surface area contributed by atoms with Crippen LogP contribution in [0.4, 0.5) is 0 Å². The van der Waals surface area contributed by atoms with Gasteiger partial charge in [0.1, 0.15) is 17.5 Å². The number of carbonyl (C=O) groups is 1. The summed E-state index contributed by atoms with van der Waals surface area (Å²) in [6.07, 6.45) is 1.57. The topological polar surface area (TPSA) is 75.2 Å². The van der Waals surface area contributed by atoms with Gasteiger partial charge in [0.05, 0.1) is 12.2 Å². The first-order chi connectivity index (χ1) is 9.17. The number of benzene rings is 1. The van der Waals surface area contributed by atoms with E-state index < -0.39 is 5.97 Å². The maximum absolute atomic E-state index is 11.2. The van der Waals surface area contributed by atoms with Gasteiger partial charge in [-0.1, -0.05) is 0 Å². The molecule has 1 aromatic heterocycles. The predicted octanol–water partition coefficient (Wildman–Crippen LogP) is 2.45. The molecule has 1 heterocycles. The van der Waals surface area contributed by atoms with E-state index in [0.29, 0.717) is 12.3 Å². The van der Waals surface area contributed by atoms with Crippen LogP contribution in [-0.2, 0) is 0 Å². The van der Waals surface area contributed by atoms with Gasteiger partial charge in [-0.2, -0.15) is 5.26 Å². The molecule has 0 saturated carbocycles. The fourth-order valence-corrected chi connectivity index (χ4v) is 1.83. The Hall–Kier alpha value is -2.74. The molecule has 0 aliphatic rings. The highest BCUT2D eigenvalue weighted by Gasteiger charge is 2.16. The number of carboxylic acids is 1. The van der Waals surface area contributed by atoms with Crippen molar-refractivity contribution in [1.29, 1.82) is 5.26 Å². The molecule has 2 aromatic rings. The number of aromatic nitrogens is 1. The van der Waals surface area contributed by atoms with E-state index in [1.54, 1.807) is 30.5 Å². The summed E-state index contributed by atoms with van der Waals surface area (Å²) in [7, 11) is 0.